The van der Waals surface area contributed by atoms with E-state index in [1.165, 1.54) is 12.3 Å². The maximum Gasteiger partial charge on any atom is 0.187 e. The molecule has 0 aromatic heterocycles. The van der Waals surface area contributed by atoms with Crippen LogP contribution in [0.5, 0.6) is 5.75 Å². The van der Waals surface area contributed by atoms with Gasteiger partial charge in [-0.15, -0.1) is 0 Å². The molecule has 0 amide bonds. The molecule has 0 spiro atoms. The third-order valence-corrected chi connectivity index (χ3v) is 2.96. The molecular formula is C17H17NO2. The highest BCUT2D eigenvalue weighted by molar-refractivity contribution is 6.04. The number of carbonyl (C=O) groups is 1. The van der Waals surface area contributed by atoms with Gasteiger partial charge in [-0.1, -0.05) is 35.9 Å². The summed E-state index contributed by atoms with van der Waals surface area (Å²) in [7, 11) is 0. The summed E-state index contributed by atoms with van der Waals surface area (Å²) in [6.07, 6.45) is 2.98. The standard InChI is InChI=1S/C17H17NO2/c1-12-3-6-14(7-4-12)16(19)9-10-18-15-8-5-13(2)11-17(15)20/h3-11,18,20H,1-2H3/b10-9+. The quantitative estimate of drug-likeness (QED) is 0.503. The highest BCUT2D eigenvalue weighted by atomic mass is 16.3. The average molecular weight is 267 g/mol. The SMILES string of the molecule is Cc1ccc(C(=O)/C=C/Nc2ccc(C)cc2O)cc1. The van der Waals surface area contributed by atoms with E-state index in [-0.39, 0.29) is 11.5 Å². The molecule has 20 heavy (non-hydrogen) atoms. The van der Waals surface area contributed by atoms with E-state index in [0.29, 0.717) is 11.3 Å². The smallest absolute Gasteiger partial charge is 0.187 e. The summed E-state index contributed by atoms with van der Waals surface area (Å²) in [5.74, 6) is 0.0848. The lowest BCUT2D eigenvalue weighted by molar-refractivity contribution is 0.104. The molecule has 2 N–H and O–H groups in total. The molecular weight excluding hydrogens is 250 g/mol. The summed E-state index contributed by atoms with van der Waals surface area (Å²) in [6.45, 7) is 3.88. The van der Waals surface area contributed by atoms with E-state index >= 15 is 0 Å². The van der Waals surface area contributed by atoms with Gasteiger partial charge in [0.05, 0.1) is 5.69 Å². The van der Waals surface area contributed by atoms with Gasteiger partial charge < -0.3 is 10.4 Å². The van der Waals surface area contributed by atoms with Crippen molar-refractivity contribution in [1.82, 2.24) is 0 Å². The lowest BCUT2D eigenvalue weighted by Crippen LogP contribution is -1.96. The van der Waals surface area contributed by atoms with Crippen molar-refractivity contribution in [3.05, 3.63) is 71.4 Å². The van der Waals surface area contributed by atoms with E-state index in [4.69, 9.17) is 0 Å². The molecule has 0 unspecified atom stereocenters. The van der Waals surface area contributed by atoms with Crippen LogP contribution in [0.4, 0.5) is 5.69 Å². The van der Waals surface area contributed by atoms with Crippen molar-refractivity contribution in [3.63, 3.8) is 0 Å². The fraction of sp³-hybridized carbons (Fsp3) is 0.118. The van der Waals surface area contributed by atoms with Gasteiger partial charge in [-0.2, -0.15) is 0 Å². The molecule has 0 aliphatic heterocycles. The number of allylic oxidation sites excluding steroid dienone is 1. The number of hydrogen-bond acceptors (Lipinski definition) is 3. The van der Waals surface area contributed by atoms with Gasteiger partial charge in [0, 0.05) is 17.8 Å². The Hall–Kier alpha value is -2.55. The molecule has 3 nitrogen and oxygen atoms in total. The van der Waals surface area contributed by atoms with Crippen LogP contribution in [-0.2, 0) is 0 Å². The van der Waals surface area contributed by atoms with Gasteiger partial charge in [-0.25, -0.2) is 0 Å². The van der Waals surface area contributed by atoms with Crippen LogP contribution in [-0.4, -0.2) is 10.9 Å². The normalized spacial score (nSPS) is 10.7. The van der Waals surface area contributed by atoms with Crippen LogP contribution in [0.25, 0.3) is 0 Å². The molecule has 2 aromatic rings. The van der Waals surface area contributed by atoms with Gasteiger partial charge in [0.1, 0.15) is 5.75 Å². The highest BCUT2D eigenvalue weighted by Crippen LogP contribution is 2.23. The number of phenolic OH excluding ortho intramolecular Hbond substituents is 1. The monoisotopic (exact) mass is 267 g/mol. The lowest BCUT2D eigenvalue weighted by atomic mass is 10.1. The summed E-state index contributed by atoms with van der Waals surface area (Å²) in [6, 6.07) is 12.7. The Morgan fingerprint density at radius 2 is 1.70 bits per heavy atom. The maximum atomic E-state index is 11.9. The third kappa shape index (κ3) is 3.48. The van der Waals surface area contributed by atoms with Crippen molar-refractivity contribution in [2.24, 2.45) is 0 Å². The molecule has 102 valence electrons. The Kier molecular flexibility index (Phi) is 4.20. The van der Waals surface area contributed by atoms with Crippen molar-refractivity contribution in [3.8, 4) is 5.75 Å². The van der Waals surface area contributed by atoms with Crippen molar-refractivity contribution in [1.29, 1.82) is 0 Å². The predicted octanol–water partition coefficient (Wildman–Crippen LogP) is 3.82. The van der Waals surface area contributed by atoms with Crippen LogP contribution in [0, 0.1) is 13.8 Å². The van der Waals surface area contributed by atoms with Gasteiger partial charge in [0.25, 0.3) is 0 Å². The van der Waals surface area contributed by atoms with Gasteiger partial charge in [0.15, 0.2) is 5.78 Å². The Morgan fingerprint density at radius 1 is 1.05 bits per heavy atom. The maximum absolute atomic E-state index is 11.9. The summed E-state index contributed by atoms with van der Waals surface area (Å²) >= 11 is 0. The first-order chi connectivity index (χ1) is 9.56. The molecule has 0 radical (unpaired) electrons. The van der Waals surface area contributed by atoms with E-state index in [0.717, 1.165) is 11.1 Å². The number of rotatable bonds is 4. The zero-order valence-corrected chi connectivity index (χ0v) is 11.6. The summed E-state index contributed by atoms with van der Waals surface area (Å²) < 4.78 is 0. The van der Waals surface area contributed by atoms with E-state index in [1.807, 2.05) is 32.0 Å². The molecule has 0 bridgehead atoms. The van der Waals surface area contributed by atoms with Gasteiger partial charge in [-0.3, -0.25) is 4.79 Å². The van der Waals surface area contributed by atoms with Gasteiger partial charge in [-0.05, 0) is 31.5 Å². The number of carbonyl (C=O) groups excluding carboxylic acids is 1. The lowest BCUT2D eigenvalue weighted by Gasteiger charge is -2.04. The first-order valence-electron chi connectivity index (χ1n) is 6.40. The third-order valence-electron chi connectivity index (χ3n) is 2.96. The molecule has 0 saturated carbocycles. The van der Waals surface area contributed by atoms with E-state index in [9.17, 15) is 9.90 Å². The first-order valence-corrected chi connectivity index (χ1v) is 6.40. The highest BCUT2D eigenvalue weighted by Gasteiger charge is 2.01. The molecule has 3 heteroatoms. The number of aromatic hydroxyl groups is 1. The Morgan fingerprint density at radius 3 is 2.35 bits per heavy atom. The van der Waals surface area contributed by atoms with Crippen molar-refractivity contribution >= 4 is 11.5 Å². The van der Waals surface area contributed by atoms with Gasteiger partial charge >= 0.3 is 0 Å². The minimum absolute atomic E-state index is 0.0795. The second-order valence-electron chi connectivity index (χ2n) is 4.73. The first kappa shape index (κ1) is 13.9. The van der Waals surface area contributed by atoms with Gasteiger partial charge in [0.2, 0.25) is 0 Å². The number of benzene rings is 2. The molecule has 0 aliphatic rings. The van der Waals surface area contributed by atoms with Crippen LogP contribution < -0.4 is 5.32 Å². The van der Waals surface area contributed by atoms with Crippen LogP contribution >= 0.6 is 0 Å². The second kappa shape index (κ2) is 6.06. The summed E-state index contributed by atoms with van der Waals surface area (Å²) in [5.41, 5.74) is 3.31. The average Bonchev–Trinajstić information content (AvgIpc) is 2.42. The number of nitrogens with one attached hydrogen (secondary N) is 1. The summed E-state index contributed by atoms with van der Waals surface area (Å²) in [5, 5.41) is 12.6. The van der Waals surface area contributed by atoms with E-state index in [1.54, 1.807) is 24.3 Å². The number of ketones is 1. The van der Waals surface area contributed by atoms with Crippen LogP contribution in [0.1, 0.15) is 21.5 Å². The number of phenols is 1. The van der Waals surface area contributed by atoms with Crippen LogP contribution in [0.15, 0.2) is 54.7 Å². The molecule has 2 aromatic carbocycles. The Balaban J connectivity index is 2.02. The molecule has 0 heterocycles. The van der Waals surface area contributed by atoms with E-state index < -0.39 is 0 Å². The fourth-order valence-corrected chi connectivity index (χ4v) is 1.78. The molecule has 0 aliphatic carbocycles. The number of anilines is 1. The minimum Gasteiger partial charge on any atom is -0.506 e. The van der Waals surface area contributed by atoms with E-state index in [2.05, 4.69) is 5.32 Å². The van der Waals surface area contributed by atoms with Crippen LogP contribution in [0.2, 0.25) is 0 Å². The Bertz CT molecular complexity index is 643. The molecule has 2 rings (SSSR count). The fourth-order valence-electron chi connectivity index (χ4n) is 1.78. The molecule has 0 saturated heterocycles. The number of aryl methyl sites for hydroxylation is 2. The van der Waals surface area contributed by atoms with Crippen molar-refractivity contribution in [2.75, 3.05) is 5.32 Å². The second-order valence-corrected chi connectivity index (χ2v) is 4.73. The minimum atomic E-state index is -0.0795. The van der Waals surface area contributed by atoms with Crippen molar-refractivity contribution in [2.45, 2.75) is 13.8 Å². The number of hydrogen-bond donors (Lipinski definition) is 2. The largest absolute Gasteiger partial charge is 0.506 e. The Labute approximate surface area is 118 Å². The van der Waals surface area contributed by atoms with Crippen molar-refractivity contribution < 1.29 is 9.90 Å². The predicted molar refractivity (Wildman–Crippen MR) is 81.1 cm³/mol. The van der Waals surface area contributed by atoms with Crippen LogP contribution in [0.3, 0.4) is 0 Å². The zero-order valence-electron chi connectivity index (χ0n) is 11.6. The molecule has 0 fully saturated rings. The molecule has 0 atom stereocenters. The zero-order chi connectivity index (χ0) is 14.5. The topological polar surface area (TPSA) is 49.3 Å². The summed E-state index contributed by atoms with van der Waals surface area (Å²) in [4.78, 5) is 11.9.